The Bertz CT molecular complexity index is 694. The summed E-state index contributed by atoms with van der Waals surface area (Å²) in [5.41, 5.74) is -0.526. The van der Waals surface area contributed by atoms with E-state index in [1.54, 1.807) is 0 Å². The van der Waals surface area contributed by atoms with Crippen molar-refractivity contribution >= 4 is 17.7 Å². The van der Waals surface area contributed by atoms with Gasteiger partial charge in [0, 0.05) is 11.8 Å². The fourth-order valence-corrected chi connectivity index (χ4v) is 1.47. The molecule has 1 aromatic carbocycles. The summed E-state index contributed by atoms with van der Waals surface area (Å²) in [5, 5.41) is 10.9. The van der Waals surface area contributed by atoms with Crippen LogP contribution < -0.4 is 5.32 Å². The molecule has 5 nitrogen and oxygen atoms in total. The van der Waals surface area contributed by atoms with Crippen molar-refractivity contribution in [2.75, 3.05) is 5.32 Å². The van der Waals surface area contributed by atoms with Crippen molar-refractivity contribution in [3.63, 3.8) is 0 Å². The van der Waals surface area contributed by atoms with Gasteiger partial charge in [0.25, 0.3) is 5.91 Å². The van der Waals surface area contributed by atoms with E-state index in [9.17, 15) is 22.8 Å². The molecule has 0 unspecified atom stereocenters. The van der Waals surface area contributed by atoms with Crippen LogP contribution in [0.2, 0.25) is 0 Å². The summed E-state index contributed by atoms with van der Waals surface area (Å²) in [6, 6.07) is 3.48. The number of carboxylic acids is 1. The van der Waals surface area contributed by atoms with E-state index in [1.807, 2.05) is 0 Å². The summed E-state index contributed by atoms with van der Waals surface area (Å²) in [4.78, 5) is 26.0. The van der Waals surface area contributed by atoms with Crippen LogP contribution in [0.1, 0.15) is 20.7 Å². The van der Waals surface area contributed by atoms with Gasteiger partial charge in [0.15, 0.2) is 17.5 Å². The maximum Gasteiger partial charge on any atom is 0.337 e. The van der Waals surface area contributed by atoms with E-state index in [2.05, 4.69) is 10.3 Å². The highest BCUT2D eigenvalue weighted by molar-refractivity contribution is 6.03. The molecule has 8 heteroatoms. The average Bonchev–Trinajstić information content (AvgIpc) is 2.44. The van der Waals surface area contributed by atoms with Crippen molar-refractivity contribution in [1.82, 2.24) is 4.98 Å². The lowest BCUT2D eigenvalue weighted by molar-refractivity contribution is 0.0696. The van der Waals surface area contributed by atoms with Crippen molar-refractivity contribution in [2.45, 2.75) is 0 Å². The second-order valence-electron chi connectivity index (χ2n) is 3.95. The van der Waals surface area contributed by atoms with Crippen molar-refractivity contribution in [1.29, 1.82) is 0 Å². The van der Waals surface area contributed by atoms with E-state index >= 15 is 0 Å². The van der Waals surface area contributed by atoms with Gasteiger partial charge in [0.1, 0.15) is 5.82 Å². The van der Waals surface area contributed by atoms with Gasteiger partial charge in [-0.3, -0.25) is 4.79 Å². The molecule has 108 valence electrons. The molecule has 0 bridgehead atoms. The van der Waals surface area contributed by atoms with Crippen molar-refractivity contribution in [3.05, 3.63) is 59.0 Å². The van der Waals surface area contributed by atoms with E-state index in [-0.39, 0.29) is 11.4 Å². The minimum Gasteiger partial charge on any atom is -0.478 e. The minimum atomic E-state index is -1.67. The van der Waals surface area contributed by atoms with E-state index in [0.29, 0.717) is 12.1 Å². The number of pyridine rings is 1. The Morgan fingerprint density at radius 3 is 2.14 bits per heavy atom. The lowest BCUT2D eigenvalue weighted by Crippen LogP contribution is -2.14. The van der Waals surface area contributed by atoms with Gasteiger partial charge in [-0.1, -0.05) is 0 Å². The molecule has 1 aromatic heterocycles. The zero-order valence-electron chi connectivity index (χ0n) is 10.2. The summed E-state index contributed by atoms with van der Waals surface area (Å²) in [7, 11) is 0. The number of rotatable bonds is 3. The number of hydrogen-bond donors (Lipinski definition) is 2. The van der Waals surface area contributed by atoms with Crippen molar-refractivity contribution in [3.8, 4) is 0 Å². The molecule has 1 amide bonds. The van der Waals surface area contributed by atoms with Crippen LogP contribution in [0, 0.1) is 17.5 Å². The van der Waals surface area contributed by atoms with Gasteiger partial charge in [0.05, 0.1) is 5.56 Å². The highest BCUT2D eigenvalue weighted by Gasteiger charge is 2.15. The van der Waals surface area contributed by atoms with E-state index in [0.717, 1.165) is 6.20 Å². The zero-order chi connectivity index (χ0) is 15.6. The Labute approximate surface area is 116 Å². The number of nitrogens with one attached hydrogen (secondary N) is 1. The number of aromatic carboxylic acids is 1. The van der Waals surface area contributed by atoms with Crippen LogP contribution in [0.25, 0.3) is 0 Å². The third kappa shape index (κ3) is 3.16. The molecule has 2 N–H and O–H groups in total. The summed E-state index contributed by atoms with van der Waals surface area (Å²) >= 11 is 0. The maximum absolute atomic E-state index is 13.0. The van der Waals surface area contributed by atoms with Crippen LogP contribution in [0.3, 0.4) is 0 Å². The normalized spacial score (nSPS) is 10.2. The van der Waals surface area contributed by atoms with Gasteiger partial charge in [0.2, 0.25) is 0 Å². The molecule has 21 heavy (non-hydrogen) atoms. The van der Waals surface area contributed by atoms with Crippen LogP contribution in [0.4, 0.5) is 19.0 Å². The molecular weight excluding hydrogens is 289 g/mol. The SMILES string of the molecule is O=C(O)c1ccc(NC(=O)c2cc(F)c(F)c(F)c2)nc1. The number of carbonyl (C=O) groups is 2. The first kappa shape index (κ1) is 14.5. The molecule has 1 heterocycles. The molecule has 0 saturated heterocycles. The van der Waals surface area contributed by atoms with Crippen LogP contribution in [0.15, 0.2) is 30.5 Å². The van der Waals surface area contributed by atoms with Gasteiger partial charge < -0.3 is 10.4 Å². The van der Waals surface area contributed by atoms with E-state index < -0.39 is 34.9 Å². The number of carbonyl (C=O) groups excluding carboxylic acids is 1. The Hall–Kier alpha value is -2.90. The molecule has 0 fully saturated rings. The molecule has 2 aromatic rings. The van der Waals surface area contributed by atoms with Gasteiger partial charge in [-0.2, -0.15) is 0 Å². The summed E-state index contributed by atoms with van der Waals surface area (Å²) in [6.45, 7) is 0. The molecule has 0 aliphatic rings. The monoisotopic (exact) mass is 296 g/mol. The number of amides is 1. The number of nitrogens with zero attached hydrogens (tertiary/aromatic N) is 1. The number of halogens is 3. The molecule has 0 atom stereocenters. The fourth-order valence-electron chi connectivity index (χ4n) is 1.47. The predicted octanol–water partition coefficient (Wildman–Crippen LogP) is 2.45. The predicted molar refractivity (Wildman–Crippen MR) is 65.5 cm³/mol. The summed E-state index contributed by atoms with van der Waals surface area (Å²) < 4.78 is 38.8. The molecule has 0 spiro atoms. The maximum atomic E-state index is 13.0. The number of hydrogen-bond acceptors (Lipinski definition) is 3. The lowest BCUT2D eigenvalue weighted by atomic mass is 10.2. The van der Waals surface area contributed by atoms with Crippen LogP contribution in [-0.4, -0.2) is 22.0 Å². The molecule has 0 aliphatic carbocycles. The Kier molecular flexibility index (Phi) is 3.88. The topological polar surface area (TPSA) is 79.3 Å². The van der Waals surface area contributed by atoms with Crippen LogP contribution >= 0.6 is 0 Å². The van der Waals surface area contributed by atoms with E-state index in [4.69, 9.17) is 5.11 Å². The minimum absolute atomic E-state index is 0.0184. The average molecular weight is 296 g/mol. The van der Waals surface area contributed by atoms with Gasteiger partial charge in [-0.25, -0.2) is 22.9 Å². The first-order valence-electron chi connectivity index (χ1n) is 5.53. The molecule has 0 aliphatic heterocycles. The third-order valence-electron chi connectivity index (χ3n) is 2.50. The Balaban J connectivity index is 2.20. The second-order valence-corrected chi connectivity index (χ2v) is 3.95. The smallest absolute Gasteiger partial charge is 0.337 e. The Morgan fingerprint density at radius 2 is 1.67 bits per heavy atom. The largest absolute Gasteiger partial charge is 0.478 e. The Morgan fingerprint density at radius 1 is 1.05 bits per heavy atom. The first-order chi connectivity index (χ1) is 9.88. The van der Waals surface area contributed by atoms with Gasteiger partial charge in [-0.05, 0) is 24.3 Å². The highest BCUT2D eigenvalue weighted by Crippen LogP contribution is 2.15. The summed E-state index contributed by atoms with van der Waals surface area (Å²) in [6.07, 6.45) is 1.00. The number of anilines is 1. The first-order valence-corrected chi connectivity index (χ1v) is 5.53. The van der Waals surface area contributed by atoms with Crippen molar-refractivity contribution < 1.29 is 27.9 Å². The van der Waals surface area contributed by atoms with Gasteiger partial charge in [-0.15, -0.1) is 0 Å². The fraction of sp³-hybridized carbons (Fsp3) is 0. The zero-order valence-corrected chi connectivity index (χ0v) is 10.2. The molecule has 0 saturated carbocycles. The summed E-state index contributed by atoms with van der Waals surface area (Å²) in [5.74, 6) is -6.78. The third-order valence-corrected chi connectivity index (χ3v) is 2.50. The standard InChI is InChI=1S/C13H7F3N2O3/c14-8-3-7(4-9(15)11(8)16)12(19)18-10-2-1-6(5-17-10)13(20)21/h1-5H,(H,20,21)(H,17,18,19). The quantitative estimate of drug-likeness (QED) is 0.853. The number of carboxylic acid groups (broad SMARTS) is 1. The molecule has 2 rings (SSSR count). The highest BCUT2D eigenvalue weighted by atomic mass is 19.2. The lowest BCUT2D eigenvalue weighted by Gasteiger charge is -2.05. The van der Waals surface area contributed by atoms with E-state index in [1.165, 1.54) is 12.1 Å². The molecule has 0 radical (unpaired) electrons. The number of benzene rings is 1. The van der Waals surface area contributed by atoms with Crippen molar-refractivity contribution in [2.24, 2.45) is 0 Å². The molecular formula is C13H7F3N2O3. The number of aromatic nitrogens is 1. The van der Waals surface area contributed by atoms with Gasteiger partial charge >= 0.3 is 5.97 Å². The van der Waals surface area contributed by atoms with Crippen LogP contribution in [0.5, 0.6) is 0 Å². The van der Waals surface area contributed by atoms with Crippen LogP contribution in [-0.2, 0) is 0 Å². The second kappa shape index (κ2) is 5.61.